The summed E-state index contributed by atoms with van der Waals surface area (Å²) in [6.45, 7) is 6.92. The number of para-hydroxylation sites is 1. The van der Waals surface area contributed by atoms with Gasteiger partial charge in [0, 0.05) is 36.9 Å². The summed E-state index contributed by atoms with van der Waals surface area (Å²) >= 11 is 6.55. The number of benzene rings is 2. The number of aromatic amines is 1. The van der Waals surface area contributed by atoms with E-state index in [0.717, 1.165) is 16.5 Å². The van der Waals surface area contributed by atoms with E-state index in [1.807, 2.05) is 24.3 Å². The molecule has 1 saturated heterocycles. The minimum atomic E-state index is -1.34. The molecule has 2 heterocycles. The van der Waals surface area contributed by atoms with Gasteiger partial charge >= 0.3 is 11.9 Å². The van der Waals surface area contributed by atoms with Crippen LogP contribution in [0.4, 0.5) is 0 Å². The van der Waals surface area contributed by atoms with Gasteiger partial charge in [-0.05, 0) is 29.3 Å². The van der Waals surface area contributed by atoms with Gasteiger partial charge in [-0.1, -0.05) is 42.5 Å². The van der Waals surface area contributed by atoms with Crippen LogP contribution in [0.25, 0.3) is 10.9 Å². The Morgan fingerprint density at radius 3 is 2.58 bits per heavy atom. The molecule has 4 rings (SSSR count). The fourth-order valence-electron chi connectivity index (χ4n) is 4.11. The number of nitrogens with one attached hydrogen (secondary N) is 1. The molecular weight excluding hydrogens is 446 g/mol. The maximum Gasteiger partial charge on any atom is 0.324 e. The molecule has 8 heteroatoms. The average molecular weight is 470 g/mol. The van der Waals surface area contributed by atoms with Crippen molar-refractivity contribution in [2.75, 3.05) is 13.7 Å². The van der Waals surface area contributed by atoms with Crippen LogP contribution in [0.1, 0.15) is 30.9 Å². The van der Waals surface area contributed by atoms with Crippen molar-refractivity contribution in [1.29, 1.82) is 0 Å². The Morgan fingerprint density at radius 1 is 1.21 bits per heavy atom. The molecule has 0 unspecified atom stereocenters. The first-order chi connectivity index (χ1) is 15.8. The number of halogens is 1. The Bertz CT molecular complexity index is 1210. The molecular formula is C25H24ClNO6. The first-order valence-corrected chi connectivity index (χ1v) is 10.8. The summed E-state index contributed by atoms with van der Waals surface area (Å²) in [7, 11) is 1.49. The third kappa shape index (κ3) is 4.28. The van der Waals surface area contributed by atoms with Gasteiger partial charge in [0.25, 0.3) is 5.79 Å². The number of cyclic esters (lactones) is 2. The van der Waals surface area contributed by atoms with Crippen LogP contribution in [0.2, 0.25) is 5.02 Å². The topological polar surface area (TPSA) is 86.9 Å². The van der Waals surface area contributed by atoms with Gasteiger partial charge in [0.2, 0.25) is 0 Å². The molecule has 33 heavy (non-hydrogen) atoms. The molecule has 1 aromatic heterocycles. The molecule has 1 N–H and O–H groups in total. The molecule has 0 bridgehead atoms. The lowest BCUT2D eigenvalue weighted by Gasteiger charge is -2.36. The molecule has 172 valence electrons. The van der Waals surface area contributed by atoms with Crippen LogP contribution in [0, 0.1) is 5.92 Å². The zero-order chi connectivity index (χ0) is 23.8. The number of hydrogen-bond donors (Lipinski definition) is 1. The number of ether oxygens (including phenoxy) is 4. The van der Waals surface area contributed by atoms with Gasteiger partial charge in [0.1, 0.15) is 6.61 Å². The second kappa shape index (κ2) is 8.83. The standard InChI is InChI=1S/C25H24ClNO6/c1-5-10-31-22-17(26)11-14(12-19(22)30-4)20(16-13-27-18-9-7-6-8-15(16)18)21-23(28)32-25(2,3)33-24(21)29/h5-9,11-13,20-21,27H,1,10H2,2-4H3/t20-/m1/s1. The van der Waals surface area contributed by atoms with Crippen molar-refractivity contribution in [2.24, 2.45) is 5.92 Å². The Morgan fingerprint density at radius 2 is 1.91 bits per heavy atom. The van der Waals surface area contributed by atoms with Crippen molar-refractivity contribution in [3.05, 3.63) is 71.4 Å². The Balaban J connectivity index is 1.91. The Labute approximate surface area is 196 Å². The summed E-state index contributed by atoms with van der Waals surface area (Å²) < 4.78 is 22.0. The number of carbonyl (C=O) groups is 2. The molecule has 0 saturated carbocycles. The van der Waals surface area contributed by atoms with Crippen molar-refractivity contribution < 1.29 is 28.5 Å². The van der Waals surface area contributed by atoms with Crippen LogP contribution >= 0.6 is 11.6 Å². The van der Waals surface area contributed by atoms with E-state index >= 15 is 0 Å². The summed E-state index contributed by atoms with van der Waals surface area (Å²) in [6, 6.07) is 11.0. The largest absolute Gasteiger partial charge is 0.493 e. The number of hydrogen-bond acceptors (Lipinski definition) is 6. The van der Waals surface area contributed by atoms with Crippen molar-refractivity contribution >= 4 is 34.4 Å². The third-order valence-corrected chi connectivity index (χ3v) is 5.73. The highest BCUT2D eigenvalue weighted by atomic mass is 35.5. The predicted molar refractivity (Wildman–Crippen MR) is 124 cm³/mol. The molecule has 0 spiro atoms. The molecule has 1 aliphatic rings. The highest BCUT2D eigenvalue weighted by molar-refractivity contribution is 6.32. The van der Waals surface area contributed by atoms with Crippen molar-refractivity contribution in [2.45, 2.75) is 25.6 Å². The molecule has 1 atom stereocenters. The SMILES string of the molecule is C=CCOc1c(Cl)cc([C@H](c2c[nH]c3ccccc23)C2C(=O)OC(C)(C)OC2=O)cc1OC. The van der Waals surface area contributed by atoms with Gasteiger partial charge in [-0.25, -0.2) is 0 Å². The summed E-state index contributed by atoms with van der Waals surface area (Å²) in [6.07, 6.45) is 3.37. The quantitative estimate of drug-likeness (QED) is 0.298. The smallest absolute Gasteiger partial charge is 0.324 e. The summed E-state index contributed by atoms with van der Waals surface area (Å²) in [5.74, 6) is -3.97. The van der Waals surface area contributed by atoms with E-state index in [0.29, 0.717) is 17.1 Å². The Hall–Kier alpha value is -3.45. The number of rotatable bonds is 7. The fourth-order valence-corrected chi connectivity index (χ4v) is 4.38. The number of methoxy groups -OCH3 is 1. The van der Waals surface area contributed by atoms with Crippen molar-refractivity contribution in [1.82, 2.24) is 4.98 Å². The zero-order valence-electron chi connectivity index (χ0n) is 18.5. The maximum atomic E-state index is 13.1. The summed E-state index contributed by atoms with van der Waals surface area (Å²) in [5.41, 5.74) is 2.16. The zero-order valence-corrected chi connectivity index (χ0v) is 19.3. The van der Waals surface area contributed by atoms with E-state index in [1.54, 1.807) is 24.4 Å². The van der Waals surface area contributed by atoms with Crippen molar-refractivity contribution in [3.63, 3.8) is 0 Å². The molecule has 0 amide bonds. The van der Waals surface area contributed by atoms with Crippen LogP contribution in [-0.4, -0.2) is 36.4 Å². The van der Waals surface area contributed by atoms with E-state index < -0.39 is 29.6 Å². The molecule has 3 aromatic rings. The van der Waals surface area contributed by atoms with Crippen molar-refractivity contribution in [3.8, 4) is 11.5 Å². The molecule has 2 aromatic carbocycles. The van der Waals surface area contributed by atoms with Gasteiger partial charge < -0.3 is 23.9 Å². The predicted octanol–water partition coefficient (Wildman–Crippen LogP) is 4.98. The number of esters is 2. The first-order valence-electron chi connectivity index (χ1n) is 10.4. The number of H-pyrrole nitrogens is 1. The normalized spacial score (nSPS) is 16.7. The lowest BCUT2D eigenvalue weighted by atomic mass is 9.79. The second-order valence-corrected chi connectivity index (χ2v) is 8.53. The molecule has 0 aliphatic carbocycles. The average Bonchev–Trinajstić information content (AvgIpc) is 3.18. The lowest BCUT2D eigenvalue weighted by molar-refractivity contribution is -0.240. The van der Waals surface area contributed by atoms with E-state index in [9.17, 15) is 9.59 Å². The summed E-state index contributed by atoms with van der Waals surface area (Å²) in [4.78, 5) is 29.4. The second-order valence-electron chi connectivity index (χ2n) is 8.12. The van der Waals surface area contributed by atoms with E-state index in [-0.39, 0.29) is 11.6 Å². The van der Waals surface area contributed by atoms with Gasteiger partial charge in [-0.15, -0.1) is 0 Å². The van der Waals surface area contributed by atoms with Crippen LogP contribution in [0.3, 0.4) is 0 Å². The van der Waals surface area contributed by atoms with Gasteiger partial charge in [-0.3, -0.25) is 9.59 Å². The molecule has 0 radical (unpaired) electrons. The Kier molecular flexibility index (Phi) is 6.08. The van der Waals surface area contributed by atoms with Gasteiger partial charge in [-0.2, -0.15) is 0 Å². The van der Waals surface area contributed by atoms with Crippen LogP contribution < -0.4 is 9.47 Å². The molecule has 1 aliphatic heterocycles. The maximum absolute atomic E-state index is 13.1. The first kappa shape index (κ1) is 22.7. The van der Waals surface area contributed by atoms with Gasteiger partial charge in [0.05, 0.1) is 12.1 Å². The van der Waals surface area contributed by atoms with E-state index in [2.05, 4.69) is 11.6 Å². The van der Waals surface area contributed by atoms with Crippen LogP contribution in [-0.2, 0) is 19.1 Å². The fraction of sp³-hybridized carbons (Fsp3) is 0.280. The minimum absolute atomic E-state index is 0.234. The number of carbonyl (C=O) groups excluding carboxylic acids is 2. The summed E-state index contributed by atoms with van der Waals surface area (Å²) in [5, 5.41) is 1.13. The lowest BCUT2D eigenvalue weighted by Crippen LogP contribution is -2.48. The number of aromatic nitrogens is 1. The third-order valence-electron chi connectivity index (χ3n) is 5.45. The van der Waals surface area contributed by atoms with E-state index in [1.165, 1.54) is 21.0 Å². The van der Waals surface area contributed by atoms with Crippen LogP contribution in [0.5, 0.6) is 11.5 Å². The molecule has 7 nitrogen and oxygen atoms in total. The highest BCUT2D eigenvalue weighted by Gasteiger charge is 2.49. The minimum Gasteiger partial charge on any atom is -0.493 e. The van der Waals surface area contributed by atoms with Gasteiger partial charge in [0.15, 0.2) is 17.4 Å². The highest BCUT2D eigenvalue weighted by Crippen LogP contribution is 2.45. The van der Waals surface area contributed by atoms with Crippen LogP contribution in [0.15, 0.2) is 55.3 Å². The molecule has 1 fully saturated rings. The van der Waals surface area contributed by atoms with E-state index in [4.69, 9.17) is 30.5 Å². The number of fused-ring (bicyclic) bond motifs is 1. The monoisotopic (exact) mass is 469 g/mol.